The third-order valence-electron chi connectivity index (χ3n) is 1.93. The number of carbonyl (C=O) groups excluding carboxylic acids is 1. The van der Waals surface area contributed by atoms with Crippen LogP contribution in [0.25, 0.3) is 0 Å². The summed E-state index contributed by atoms with van der Waals surface area (Å²) in [6, 6.07) is 0. The summed E-state index contributed by atoms with van der Waals surface area (Å²) < 4.78 is 5.14. The first-order valence-corrected chi connectivity index (χ1v) is 7.32. The number of amides is 1. The Morgan fingerprint density at radius 2 is 1.68 bits per heavy atom. The molecule has 22 heavy (non-hydrogen) atoms. The Balaban J connectivity index is -0.000000516. The van der Waals surface area contributed by atoms with Crippen molar-refractivity contribution in [3.05, 3.63) is 49.8 Å². The molecule has 0 saturated heterocycles. The van der Waals surface area contributed by atoms with E-state index in [0.717, 1.165) is 0 Å². The predicted octanol–water partition coefficient (Wildman–Crippen LogP) is 4.03. The maximum absolute atomic E-state index is 11.4. The lowest BCUT2D eigenvalue weighted by atomic mass is 10.2. The van der Waals surface area contributed by atoms with E-state index < -0.39 is 0 Å². The number of rotatable bonds is 8. The van der Waals surface area contributed by atoms with Gasteiger partial charge in [0.25, 0.3) is 0 Å². The molecule has 0 atom stereocenters. The van der Waals surface area contributed by atoms with Crippen LogP contribution in [0.4, 0.5) is 0 Å². The highest BCUT2D eigenvalue weighted by atomic mass is 16.5. The summed E-state index contributed by atoms with van der Waals surface area (Å²) in [5.74, 6) is 0.228. The van der Waals surface area contributed by atoms with Crippen molar-refractivity contribution < 1.29 is 9.53 Å². The van der Waals surface area contributed by atoms with E-state index >= 15 is 0 Å². The Morgan fingerprint density at radius 3 is 2.05 bits per heavy atom. The van der Waals surface area contributed by atoms with Gasteiger partial charge in [-0.3, -0.25) is 4.79 Å². The van der Waals surface area contributed by atoms with E-state index in [2.05, 4.69) is 31.3 Å². The van der Waals surface area contributed by atoms with E-state index in [9.17, 15) is 4.79 Å². The lowest BCUT2D eigenvalue weighted by Crippen LogP contribution is -2.14. The van der Waals surface area contributed by atoms with Crippen molar-refractivity contribution in [2.24, 2.45) is 4.99 Å². The van der Waals surface area contributed by atoms with E-state index in [1.165, 1.54) is 0 Å². The van der Waals surface area contributed by atoms with Crippen molar-refractivity contribution in [1.29, 1.82) is 0 Å². The Labute approximate surface area is 136 Å². The minimum absolute atomic E-state index is 0.156. The van der Waals surface area contributed by atoms with Crippen LogP contribution in [0.15, 0.2) is 54.8 Å². The van der Waals surface area contributed by atoms with Gasteiger partial charge in [-0.05, 0) is 26.6 Å². The first-order chi connectivity index (χ1) is 10.4. The molecule has 0 fully saturated rings. The lowest BCUT2D eigenvalue weighted by Gasteiger charge is -2.07. The van der Waals surface area contributed by atoms with Crippen LogP contribution in [0, 0.1) is 0 Å². The molecule has 0 aliphatic carbocycles. The molecule has 0 rings (SSSR count). The highest BCUT2D eigenvalue weighted by molar-refractivity contribution is 5.87. The molecule has 0 aromatic rings. The van der Waals surface area contributed by atoms with E-state index in [1.807, 2.05) is 39.8 Å². The average Bonchev–Trinajstić information content (AvgIpc) is 2.49. The maximum Gasteiger partial charge on any atom is 0.249 e. The number of aliphatic imine (C=N–C) groups is 1. The minimum Gasteiger partial charge on any atom is -0.494 e. The molecule has 0 bridgehead atoms. The summed E-state index contributed by atoms with van der Waals surface area (Å²) >= 11 is 0. The zero-order chi connectivity index (χ0) is 18.0. The van der Waals surface area contributed by atoms with Gasteiger partial charge in [0.2, 0.25) is 5.91 Å². The molecule has 0 N–H and O–H groups in total. The standard InChI is InChI=1S/C12H20N2O2.C4H6.C2H6/c1-6-16-11(3)10(2)9-12(15)13-7-8-14(4)5;1-3-4-2;1-2/h7H,2-3,6,8-9H2,1,4-5H3;3-4H,1-2H2;1-2H3. The van der Waals surface area contributed by atoms with Gasteiger partial charge >= 0.3 is 0 Å². The zero-order valence-corrected chi connectivity index (χ0v) is 14.9. The second kappa shape index (κ2) is 19.1. The normalized spacial score (nSPS) is 9.00. The van der Waals surface area contributed by atoms with E-state index in [-0.39, 0.29) is 12.3 Å². The molecule has 0 saturated carbocycles. The van der Waals surface area contributed by atoms with Crippen LogP contribution in [0.3, 0.4) is 0 Å². The molecule has 0 spiro atoms. The monoisotopic (exact) mass is 308 g/mol. The molecular formula is C18H32N2O2. The molecule has 4 nitrogen and oxygen atoms in total. The molecule has 0 radical (unpaired) electrons. The number of hydrogen-bond donors (Lipinski definition) is 0. The fraction of sp³-hybridized carbons (Fsp3) is 0.444. The van der Waals surface area contributed by atoms with Gasteiger partial charge in [0, 0.05) is 12.8 Å². The van der Waals surface area contributed by atoms with Crippen LogP contribution in [-0.4, -0.2) is 44.3 Å². The molecule has 0 heterocycles. The molecule has 4 heteroatoms. The van der Waals surface area contributed by atoms with Crippen LogP contribution < -0.4 is 0 Å². The van der Waals surface area contributed by atoms with E-state index in [0.29, 0.717) is 24.5 Å². The van der Waals surface area contributed by atoms with Gasteiger partial charge in [-0.1, -0.05) is 52.3 Å². The number of carbonyl (C=O) groups is 1. The van der Waals surface area contributed by atoms with Crippen molar-refractivity contribution >= 4 is 12.1 Å². The lowest BCUT2D eigenvalue weighted by molar-refractivity contribution is -0.117. The van der Waals surface area contributed by atoms with Crippen molar-refractivity contribution in [1.82, 2.24) is 4.90 Å². The molecule has 1 amide bonds. The zero-order valence-electron chi connectivity index (χ0n) is 14.9. The van der Waals surface area contributed by atoms with Crippen LogP contribution in [-0.2, 0) is 9.53 Å². The van der Waals surface area contributed by atoms with Gasteiger partial charge in [-0.15, -0.1) is 0 Å². The van der Waals surface area contributed by atoms with Crippen LogP contribution >= 0.6 is 0 Å². The molecule has 0 aliphatic rings. The van der Waals surface area contributed by atoms with Crippen molar-refractivity contribution in [2.45, 2.75) is 27.2 Å². The van der Waals surface area contributed by atoms with Gasteiger partial charge in [0.1, 0.15) is 5.76 Å². The van der Waals surface area contributed by atoms with Gasteiger partial charge in [0.15, 0.2) is 0 Å². The fourth-order valence-corrected chi connectivity index (χ4v) is 0.909. The molecular weight excluding hydrogens is 276 g/mol. The topological polar surface area (TPSA) is 41.9 Å². The fourth-order valence-electron chi connectivity index (χ4n) is 0.909. The van der Waals surface area contributed by atoms with Gasteiger partial charge in [0.05, 0.1) is 13.0 Å². The minimum atomic E-state index is -0.229. The van der Waals surface area contributed by atoms with Crippen LogP contribution in [0.2, 0.25) is 0 Å². The molecule has 0 unspecified atom stereocenters. The Morgan fingerprint density at radius 1 is 1.18 bits per heavy atom. The number of nitrogens with zero attached hydrogens (tertiary/aromatic N) is 2. The largest absolute Gasteiger partial charge is 0.494 e. The third kappa shape index (κ3) is 20.4. The first kappa shape index (κ1) is 25.0. The van der Waals surface area contributed by atoms with Crippen molar-refractivity contribution in [2.75, 3.05) is 27.2 Å². The summed E-state index contributed by atoms with van der Waals surface area (Å²) in [6.45, 7) is 21.1. The van der Waals surface area contributed by atoms with Gasteiger partial charge in [-0.25, -0.2) is 4.99 Å². The average molecular weight is 308 g/mol. The summed E-state index contributed by atoms with van der Waals surface area (Å²) in [5.41, 5.74) is 0.578. The number of allylic oxidation sites excluding steroid dienone is 3. The molecule has 0 aromatic heterocycles. The van der Waals surface area contributed by atoms with Crippen molar-refractivity contribution in [3.63, 3.8) is 0 Å². The van der Waals surface area contributed by atoms with Gasteiger partial charge in [-0.2, -0.15) is 0 Å². The van der Waals surface area contributed by atoms with Crippen LogP contribution in [0.1, 0.15) is 27.2 Å². The van der Waals surface area contributed by atoms with Crippen molar-refractivity contribution in [3.8, 4) is 0 Å². The SMILES string of the molecule is C=C(CC(=O)N=CCN(C)C)C(=C)OCC.C=CC=C.CC. The number of hydrogen-bond acceptors (Lipinski definition) is 3. The summed E-state index contributed by atoms with van der Waals surface area (Å²) in [7, 11) is 3.82. The number of ether oxygens (including phenoxy) is 1. The maximum atomic E-state index is 11.4. The Bertz CT molecular complexity index is 363. The Hall–Kier alpha value is -1.94. The second-order valence-corrected chi connectivity index (χ2v) is 4.08. The van der Waals surface area contributed by atoms with Gasteiger partial charge < -0.3 is 9.64 Å². The smallest absolute Gasteiger partial charge is 0.249 e. The first-order valence-electron chi connectivity index (χ1n) is 7.32. The highest BCUT2D eigenvalue weighted by Crippen LogP contribution is 2.11. The Kier molecular flexibility index (Phi) is 21.7. The predicted molar refractivity (Wildman–Crippen MR) is 98.3 cm³/mol. The molecule has 0 aromatic carbocycles. The second-order valence-electron chi connectivity index (χ2n) is 4.08. The summed E-state index contributed by atoms with van der Waals surface area (Å²) in [5, 5.41) is 0. The van der Waals surface area contributed by atoms with E-state index in [1.54, 1.807) is 18.4 Å². The van der Waals surface area contributed by atoms with Crippen LogP contribution in [0.5, 0.6) is 0 Å². The molecule has 126 valence electrons. The van der Waals surface area contributed by atoms with E-state index in [4.69, 9.17) is 4.74 Å². The third-order valence-corrected chi connectivity index (χ3v) is 1.93. The summed E-state index contributed by atoms with van der Waals surface area (Å²) in [4.78, 5) is 17.1. The quantitative estimate of drug-likeness (QED) is 0.386. The highest BCUT2D eigenvalue weighted by Gasteiger charge is 2.06. The summed E-state index contributed by atoms with van der Waals surface area (Å²) in [6.07, 6.45) is 5.02. The molecule has 0 aliphatic heterocycles.